The molecule has 2 aromatic rings. The lowest BCUT2D eigenvalue weighted by Crippen LogP contribution is -2.37. The van der Waals surface area contributed by atoms with Gasteiger partial charge in [0.15, 0.2) is 0 Å². The van der Waals surface area contributed by atoms with Crippen LogP contribution < -0.4 is 4.74 Å². The monoisotopic (exact) mass is 343 g/mol. The van der Waals surface area contributed by atoms with Crippen molar-refractivity contribution in [1.29, 1.82) is 0 Å². The molecule has 3 heterocycles. The Morgan fingerprint density at radius 3 is 2.60 bits per heavy atom. The third kappa shape index (κ3) is 3.98. The highest BCUT2D eigenvalue weighted by Crippen LogP contribution is 2.33. The summed E-state index contributed by atoms with van der Waals surface area (Å²) in [6.07, 6.45) is 2.25. The Morgan fingerprint density at radius 2 is 1.92 bits per heavy atom. The predicted molar refractivity (Wildman–Crippen MR) is 96.4 cm³/mol. The largest absolute Gasteiger partial charge is 0.481 e. The number of likely N-dealkylation sites (tertiary alicyclic amines) is 1. The van der Waals surface area contributed by atoms with Crippen LogP contribution in [0.2, 0.25) is 0 Å². The summed E-state index contributed by atoms with van der Waals surface area (Å²) in [6.45, 7) is 7.96. The highest BCUT2D eigenvalue weighted by Gasteiger charge is 2.28. The summed E-state index contributed by atoms with van der Waals surface area (Å²) in [4.78, 5) is 11.1. The first kappa shape index (κ1) is 17.8. The van der Waals surface area contributed by atoms with Gasteiger partial charge in [-0.25, -0.2) is 9.37 Å². The van der Waals surface area contributed by atoms with Gasteiger partial charge in [0.05, 0.1) is 18.8 Å². The summed E-state index contributed by atoms with van der Waals surface area (Å²) in [6, 6.07) is 7.27. The second-order valence-electron chi connectivity index (χ2n) is 6.91. The fourth-order valence-corrected chi connectivity index (χ4v) is 3.75. The van der Waals surface area contributed by atoms with Crippen molar-refractivity contribution in [3.05, 3.63) is 52.7 Å². The van der Waals surface area contributed by atoms with Gasteiger partial charge in [-0.3, -0.25) is 9.88 Å². The van der Waals surface area contributed by atoms with E-state index < -0.39 is 0 Å². The van der Waals surface area contributed by atoms with Crippen molar-refractivity contribution >= 4 is 0 Å². The quantitative estimate of drug-likeness (QED) is 0.835. The number of hydrogen-bond donors (Lipinski definition) is 0. The summed E-state index contributed by atoms with van der Waals surface area (Å²) in [7, 11) is 1.56. The molecule has 1 fully saturated rings. The van der Waals surface area contributed by atoms with E-state index in [9.17, 15) is 4.39 Å². The maximum absolute atomic E-state index is 14.3. The molecule has 2 aromatic heterocycles. The van der Waals surface area contributed by atoms with Gasteiger partial charge >= 0.3 is 0 Å². The molecule has 0 amide bonds. The normalized spacial score (nSPS) is 19.6. The SMILES string of the molecule is COc1ccc(F)c(C(C)N2CCCC(c3cc(C)nc(C)c3)C2)n1. The maximum atomic E-state index is 14.3. The Hall–Kier alpha value is -2.01. The van der Waals surface area contributed by atoms with Crippen LogP contribution in [-0.4, -0.2) is 35.1 Å². The van der Waals surface area contributed by atoms with Gasteiger partial charge < -0.3 is 4.74 Å². The van der Waals surface area contributed by atoms with Crippen LogP contribution in [0.5, 0.6) is 5.88 Å². The number of hydrogen-bond acceptors (Lipinski definition) is 4. The topological polar surface area (TPSA) is 38.2 Å². The highest BCUT2D eigenvalue weighted by atomic mass is 19.1. The molecule has 4 nitrogen and oxygen atoms in total. The Labute approximate surface area is 149 Å². The average molecular weight is 343 g/mol. The number of piperidine rings is 1. The first-order chi connectivity index (χ1) is 12.0. The molecule has 0 aromatic carbocycles. The van der Waals surface area contributed by atoms with Crippen molar-refractivity contribution in [2.75, 3.05) is 20.2 Å². The van der Waals surface area contributed by atoms with E-state index in [1.807, 2.05) is 20.8 Å². The number of aromatic nitrogens is 2. The molecule has 1 saturated heterocycles. The van der Waals surface area contributed by atoms with Crippen molar-refractivity contribution < 1.29 is 9.13 Å². The molecule has 0 N–H and O–H groups in total. The van der Waals surface area contributed by atoms with Crippen LogP contribution in [0.3, 0.4) is 0 Å². The van der Waals surface area contributed by atoms with E-state index in [0.29, 0.717) is 17.5 Å². The van der Waals surface area contributed by atoms with Crippen LogP contribution in [0.25, 0.3) is 0 Å². The van der Waals surface area contributed by atoms with Gasteiger partial charge in [-0.15, -0.1) is 0 Å². The van der Waals surface area contributed by atoms with Crippen molar-refractivity contribution in [3.8, 4) is 5.88 Å². The van der Waals surface area contributed by atoms with Gasteiger partial charge in [-0.1, -0.05) is 0 Å². The van der Waals surface area contributed by atoms with E-state index in [1.165, 1.54) is 11.6 Å². The van der Waals surface area contributed by atoms with Gasteiger partial charge in [-0.2, -0.15) is 0 Å². The lowest BCUT2D eigenvalue weighted by molar-refractivity contribution is 0.152. The van der Waals surface area contributed by atoms with Crippen LogP contribution in [0.4, 0.5) is 4.39 Å². The lowest BCUT2D eigenvalue weighted by Gasteiger charge is -2.37. The van der Waals surface area contributed by atoms with Crippen LogP contribution in [0.1, 0.15) is 54.4 Å². The molecule has 25 heavy (non-hydrogen) atoms. The van der Waals surface area contributed by atoms with E-state index in [4.69, 9.17) is 4.74 Å². The van der Waals surface area contributed by atoms with E-state index in [1.54, 1.807) is 13.2 Å². The van der Waals surface area contributed by atoms with Gasteiger partial charge in [0, 0.05) is 24.0 Å². The zero-order valence-electron chi connectivity index (χ0n) is 15.4. The molecule has 1 aliphatic rings. The Morgan fingerprint density at radius 1 is 1.20 bits per heavy atom. The summed E-state index contributed by atoms with van der Waals surface area (Å²) in [5.41, 5.74) is 3.91. The Balaban J connectivity index is 1.81. The molecule has 0 bridgehead atoms. The molecule has 2 unspecified atom stereocenters. The second-order valence-corrected chi connectivity index (χ2v) is 6.91. The zero-order chi connectivity index (χ0) is 18.0. The predicted octanol–water partition coefficient (Wildman–Crippen LogP) is 4.18. The molecule has 1 aliphatic heterocycles. The van der Waals surface area contributed by atoms with E-state index in [-0.39, 0.29) is 11.9 Å². The minimum atomic E-state index is -0.272. The van der Waals surface area contributed by atoms with Gasteiger partial charge in [0.2, 0.25) is 5.88 Å². The molecule has 5 heteroatoms. The average Bonchev–Trinajstić information content (AvgIpc) is 2.61. The van der Waals surface area contributed by atoms with Gasteiger partial charge in [-0.05, 0) is 69.8 Å². The van der Waals surface area contributed by atoms with E-state index in [2.05, 4.69) is 27.0 Å². The molecule has 0 spiro atoms. The lowest BCUT2D eigenvalue weighted by atomic mass is 9.89. The number of nitrogens with zero attached hydrogens (tertiary/aromatic N) is 3. The first-order valence-electron chi connectivity index (χ1n) is 8.87. The molecule has 0 saturated carbocycles. The number of methoxy groups -OCH3 is 1. The standard InChI is InChI=1S/C20H26FN3O/c1-13-10-17(11-14(2)22-13)16-6-5-9-24(12-16)15(3)20-18(21)7-8-19(23-20)25-4/h7-8,10-11,15-16H,5-6,9,12H2,1-4H3. The molecule has 2 atom stereocenters. The third-order valence-electron chi connectivity index (χ3n) is 5.03. The minimum Gasteiger partial charge on any atom is -0.481 e. The fourth-order valence-electron chi connectivity index (χ4n) is 3.75. The minimum absolute atomic E-state index is 0.0815. The smallest absolute Gasteiger partial charge is 0.213 e. The summed E-state index contributed by atoms with van der Waals surface area (Å²) in [5.74, 6) is 0.633. The van der Waals surface area contributed by atoms with Crippen LogP contribution in [-0.2, 0) is 0 Å². The number of halogens is 1. The number of pyridine rings is 2. The van der Waals surface area contributed by atoms with Crippen LogP contribution >= 0.6 is 0 Å². The molecule has 134 valence electrons. The molecule has 3 rings (SSSR count). The summed E-state index contributed by atoms with van der Waals surface area (Å²) in [5, 5.41) is 0. The van der Waals surface area contributed by atoms with Crippen molar-refractivity contribution in [1.82, 2.24) is 14.9 Å². The molecule has 0 aliphatic carbocycles. The van der Waals surface area contributed by atoms with Crippen LogP contribution in [0, 0.1) is 19.7 Å². The summed E-state index contributed by atoms with van der Waals surface area (Å²) < 4.78 is 19.4. The van der Waals surface area contributed by atoms with E-state index >= 15 is 0 Å². The zero-order valence-corrected chi connectivity index (χ0v) is 15.4. The van der Waals surface area contributed by atoms with Crippen LogP contribution in [0.15, 0.2) is 24.3 Å². The fraction of sp³-hybridized carbons (Fsp3) is 0.500. The van der Waals surface area contributed by atoms with Crippen molar-refractivity contribution in [3.63, 3.8) is 0 Å². The van der Waals surface area contributed by atoms with Crippen molar-refractivity contribution in [2.24, 2.45) is 0 Å². The molecular weight excluding hydrogens is 317 g/mol. The number of aryl methyl sites for hydroxylation is 2. The van der Waals surface area contributed by atoms with E-state index in [0.717, 1.165) is 37.3 Å². The van der Waals surface area contributed by atoms with Gasteiger partial charge in [0.25, 0.3) is 0 Å². The first-order valence-corrected chi connectivity index (χ1v) is 8.87. The number of rotatable bonds is 4. The molecular formula is C20H26FN3O. The summed E-state index contributed by atoms with van der Waals surface area (Å²) >= 11 is 0. The van der Waals surface area contributed by atoms with Crippen molar-refractivity contribution in [2.45, 2.75) is 45.6 Å². The third-order valence-corrected chi connectivity index (χ3v) is 5.03. The highest BCUT2D eigenvalue weighted by molar-refractivity contribution is 5.25. The van der Waals surface area contributed by atoms with Gasteiger partial charge in [0.1, 0.15) is 5.82 Å². The molecule has 0 radical (unpaired) electrons. The Bertz CT molecular complexity index is 729. The number of ether oxygens (including phenoxy) is 1. The Kier molecular flexibility index (Phi) is 5.33. The second kappa shape index (κ2) is 7.48. The maximum Gasteiger partial charge on any atom is 0.213 e.